The summed E-state index contributed by atoms with van der Waals surface area (Å²) in [6, 6.07) is 25.3. The van der Waals surface area contributed by atoms with Crippen LogP contribution < -0.4 is 10.2 Å². The molecule has 3 nitrogen and oxygen atoms in total. The van der Waals surface area contributed by atoms with Gasteiger partial charge in [-0.2, -0.15) is 0 Å². The van der Waals surface area contributed by atoms with Crippen molar-refractivity contribution in [2.75, 3.05) is 17.3 Å². The van der Waals surface area contributed by atoms with E-state index in [4.69, 9.17) is 0 Å². The molecule has 0 saturated heterocycles. The third-order valence-electron chi connectivity index (χ3n) is 7.02. The molecule has 0 bridgehead atoms. The predicted molar refractivity (Wildman–Crippen MR) is 133 cm³/mol. The quantitative estimate of drug-likeness (QED) is 0.463. The van der Waals surface area contributed by atoms with Crippen molar-refractivity contribution < 1.29 is 4.79 Å². The molecule has 32 heavy (non-hydrogen) atoms. The Balaban J connectivity index is 1.45. The van der Waals surface area contributed by atoms with Gasteiger partial charge >= 0.3 is 0 Å². The zero-order valence-electron chi connectivity index (χ0n) is 19.0. The summed E-state index contributed by atoms with van der Waals surface area (Å²) in [5, 5.41) is 3.80. The fraction of sp³-hybridized carbons (Fsp3) is 0.276. The lowest BCUT2D eigenvalue weighted by Crippen LogP contribution is -2.30. The average Bonchev–Trinajstić information content (AvgIpc) is 3.33. The molecule has 3 heteroatoms. The molecule has 3 atom stereocenters. The first-order valence-electron chi connectivity index (χ1n) is 11.5. The monoisotopic (exact) mass is 422 g/mol. The lowest BCUT2D eigenvalue weighted by molar-refractivity contribution is 0.0993. The summed E-state index contributed by atoms with van der Waals surface area (Å²) in [5.74, 6) is 1.35. The van der Waals surface area contributed by atoms with Gasteiger partial charge in [-0.25, -0.2) is 0 Å². The maximum Gasteiger partial charge on any atom is 0.258 e. The number of nitrogens with zero attached hydrogens (tertiary/aromatic N) is 1. The van der Waals surface area contributed by atoms with Crippen LogP contribution in [0.5, 0.6) is 0 Å². The summed E-state index contributed by atoms with van der Waals surface area (Å²) in [5.41, 5.74) is 6.70. The second kappa shape index (κ2) is 8.31. The van der Waals surface area contributed by atoms with Gasteiger partial charge in [-0.1, -0.05) is 68.5 Å². The zero-order chi connectivity index (χ0) is 22.2. The van der Waals surface area contributed by atoms with E-state index in [0.29, 0.717) is 17.8 Å². The molecule has 1 N–H and O–H groups in total. The van der Waals surface area contributed by atoms with E-state index in [1.54, 1.807) is 4.90 Å². The second-order valence-corrected chi connectivity index (χ2v) is 9.30. The fourth-order valence-electron chi connectivity index (χ4n) is 5.11. The van der Waals surface area contributed by atoms with Crippen LogP contribution in [-0.4, -0.2) is 13.0 Å². The Hall–Kier alpha value is -3.33. The number of carbonyl (C=O) groups is 1. The average molecular weight is 423 g/mol. The summed E-state index contributed by atoms with van der Waals surface area (Å²) in [6.45, 7) is 4.46. The van der Waals surface area contributed by atoms with Gasteiger partial charge in [-0.15, -0.1) is 0 Å². The van der Waals surface area contributed by atoms with Crippen molar-refractivity contribution in [1.82, 2.24) is 0 Å². The summed E-state index contributed by atoms with van der Waals surface area (Å²) < 4.78 is 0. The lowest BCUT2D eigenvalue weighted by Gasteiger charge is -2.38. The minimum atomic E-state index is 0.0175. The highest BCUT2D eigenvalue weighted by atomic mass is 16.2. The number of carbonyl (C=O) groups excluding carboxylic acids is 1. The summed E-state index contributed by atoms with van der Waals surface area (Å²) in [6.07, 6.45) is 5.68. The highest BCUT2D eigenvalue weighted by Crippen LogP contribution is 2.50. The van der Waals surface area contributed by atoms with Crippen molar-refractivity contribution >= 4 is 17.3 Å². The van der Waals surface area contributed by atoms with E-state index in [1.807, 2.05) is 43.4 Å². The molecule has 0 aromatic heterocycles. The molecule has 5 rings (SSSR count). The van der Waals surface area contributed by atoms with E-state index in [1.165, 1.54) is 16.7 Å². The van der Waals surface area contributed by atoms with Crippen molar-refractivity contribution in [2.24, 2.45) is 5.92 Å². The zero-order valence-corrected chi connectivity index (χ0v) is 19.0. The third kappa shape index (κ3) is 3.62. The molecule has 0 fully saturated rings. The number of hydrogen-bond acceptors (Lipinski definition) is 2. The van der Waals surface area contributed by atoms with Gasteiger partial charge in [0, 0.05) is 29.9 Å². The van der Waals surface area contributed by atoms with E-state index in [9.17, 15) is 4.79 Å². The Morgan fingerprint density at radius 3 is 2.47 bits per heavy atom. The largest absolute Gasteiger partial charge is 0.378 e. The number of fused-ring (bicyclic) bond motifs is 3. The first-order valence-corrected chi connectivity index (χ1v) is 11.5. The topological polar surface area (TPSA) is 32.3 Å². The molecule has 1 aliphatic heterocycles. The number of rotatable bonds is 4. The standard InChI is InChI=1S/C29H30N2O/c1-19(2)20-12-14-21(15-13-20)28-25-11-7-10-24(25)26-18-22(16-17-27(26)30-28)29(32)31(3)23-8-5-4-6-9-23/h4-10,12-19,24-25,28,30H,11H2,1-3H3. The molecule has 0 saturated carbocycles. The maximum absolute atomic E-state index is 13.2. The van der Waals surface area contributed by atoms with Crippen LogP contribution in [-0.2, 0) is 0 Å². The van der Waals surface area contributed by atoms with E-state index in [0.717, 1.165) is 23.4 Å². The molecular formula is C29H30N2O. The van der Waals surface area contributed by atoms with Crippen LogP contribution in [0, 0.1) is 5.92 Å². The summed E-state index contributed by atoms with van der Waals surface area (Å²) in [7, 11) is 1.84. The van der Waals surface area contributed by atoms with E-state index >= 15 is 0 Å². The highest BCUT2D eigenvalue weighted by Gasteiger charge is 2.38. The number of hydrogen-bond donors (Lipinski definition) is 1. The van der Waals surface area contributed by atoms with Crippen molar-refractivity contribution in [2.45, 2.75) is 38.1 Å². The molecule has 0 radical (unpaired) electrons. The smallest absolute Gasteiger partial charge is 0.258 e. The number of benzene rings is 3. The highest BCUT2D eigenvalue weighted by molar-refractivity contribution is 6.06. The van der Waals surface area contributed by atoms with Gasteiger partial charge < -0.3 is 10.2 Å². The molecule has 3 aromatic carbocycles. The Bertz CT molecular complexity index is 1150. The minimum absolute atomic E-state index is 0.0175. The lowest BCUT2D eigenvalue weighted by atomic mass is 9.76. The molecule has 1 aliphatic carbocycles. The Kier molecular flexibility index (Phi) is 5.34. The number of para-hydroxylation sites is 1. The molecule has 2 aliphatic rings. The molecule has 1 amide bonds. The van der Waals surface area contributed by atoms with Gasteiger partial charge in [-0.05, 0) is 65.3 Å². The SMILES string of the molecule is CC(C)c1ccc(C2Nc3ccc(C(=O)N(C)c4ccccc4)cc3C3C=CCC32)cc1. The van der Waals surface area contributed by atoms with Gasteiger partial charge in [0.15, 0.2) is 0 Å². The van der Waals surface area contributed by atoms with Crippen LogP contribution >= 0.6 is 0 Å². The maximum atomic E-state index is 13.2. The number of nitrogens with one attached hydrogen (secondary N) is 1. The normalized spacial score (nSPS) is 21.1. The van der Waals surface area contributed by atoms with Crippen LogP contribution in [0.3, 0.4) is 0 Å². The number of amides is 1. The molecule has 0 spiro atoms. The summed E-state index contributed by atoms with van der Waals surface area (Å²) >= 11 is 0. The summed E-state index contributed by atoms with van der Waals surface area (Å²) in [4.78, 5) is 14.9. The molecule has 1 heterocycles. The number of anilines is 2. The van der Waals surface area contributed by atoms with E-state index < -0.39 is 0 Å². The van der Waals surface area contributed by atoms with E-state index in [2.05, 4.69) is 67.7 Å². The number of allylic oxidation sites excluding steroid dienone is 2. The molecule has 3 aromatic rings. The molecule has 162 valence electrons. The molecule has 3 unspecified atom stereocenters. The second-order valence-electron chi connectivity index (χ2n) is 9.30. The van der Waals surface area contributed by atoms with Crippen LogP contribution in [0.1, 0.15) is 65.2 Å². The van der Waals surface area contributed by atoms with Crippen molar-refractivity contribution in [3.05, 3.63) is 107 Å². The first kappa shape index (κ1) is 20.6. The minimum Gasteiger partial charge on any atom is -0.378 e. The first-order chi connectivity index (χ1) is 15.5. The van der Waals surface area contributed by atoms with Crippen molar-refractivity contribution in [3.8, 4) is 0 Å². The Morgan fingerprint density at radius 1 is 1.00 bits per heavy atom. The van der Waals surface area contributed by atoms with Gasteiger partial charge in [0.2, 0.25) is 0 Å². The van der Waals surface area contributed by atoms with Crippen LogP contribution in [0.15, 0.2) is 84.9 Å². The van der Waals surface area contributed by atoms with Crippen LogP contribution in [0.2, 0.25) is 0 Å². The van der Waals surface area contributed by atoms with E-state index in [-0.39, 0.29) is 11.9 Å². The third-order valence-corrected chi connectivity index (χ3v) is 7.02. The van der Waals surface area contributed by atoms with Gasteiger partial charge in [0.1, 0.15) is 0 Å². The van der Waals surface area contributed by atoms with Crippen molar-refractivity contribution in [3.63, 3.8) is 0 Å². The van der Waals surface area contributed by atoms with Crippen LogP contribution in [0.4, 0.5) is 11.4 Å². The van der Waals surface area contributed by atoms with Crippen molar-refractivity contribution in [1.29, 1.82) is 0 Å². The fourth-order valence-corrected chi connectivity index (χ4v) is 5.11. The van der Waals surface area contributed by atoms with Gasteiger partial charge in [-0.3, -0.25) is 4.79 Å². The molecular weight excluding hydrogens is 392 g/mol. The van der Waals surface area contributed by atoms with Gasteiger partial charge in [0.25, 0.3) is 5.91 Å². The Labute approximate surface area is 190 Å². The van der Waals surface area contributed by atoms with Gasteiger partial charge in [0.05, 0.1) is 6.04 Å². The Morgan fingerprint density at radius 2 is 1.75 bits per heavy atom. The van der Waals surface area contributed by atoms with Crippen LogP contribution in [0.25, 0.3) is 0 Å². The predicted octanol–water partition coefficient (Wildman–Crippen LogP) is 6.91.